The largest absolute Gasteiger partial charge is 0.339 e. The third-order valence-electron chi connectivity index (χ3n) is 6.90. The molecule has 0 spiro atoms. The Morgan fingerprint density at radius 3 is 2.59 bits per heavy atom. The topological polar surface area (TPSA) is 92.1 Å². The predicted octanol–water partition coefficient (Wildman–Crippen LogP) is 4.33. The van der Waals surface area contributed by atoms with Crippen molar-refractivity contribution in [2.75, 3.05) is 32.5 Å². The highest BCUT2D eigenvalue weighted by atomic mass is 16.2. The molecule has 1 aromatic carbocycles. The monoisotopic (exact) mass is 496 g/mol. The second-order valence-electron chi connectivity index (χ2n) is 9.41. The zero-order valence-electron chi connectivity index (χ0n) is 21.5. The molecule has 0 unspecified atom stereocenters. The fraction of sp³-hybridized carbons (Fsp3) is 0.321. The van der Waals surface area contributed by atoms with E-state index in [0.717, 1.165) is 60.7 Å². The van der Waals surface area contributed by atoms with E-state index in [1.54, 1.807) is 18.6 Å². The van der Waals surface area contributed by atoms with Crippen molar-refractivity contribution in [3.8, 4) is 22.5 Å². The fourth-order valence-corrected chi connectivity index (χ4v) is 4.63. The summed E-state index contributed by atoms with van der Waals surface area (Å²) in [5.74, 6) is 0.525. The minimum Gasteiger partial charge on any atom is -0.339 e. The van der Waals surface area contributed by atoms with E-state index in [2.05, 4.69) is 34.2 Å². The predicted molar refractivity (Wildman–Crippen MR) is 144 cm³/mol. The van der Waals surface area contributed by atoms with Crippen LogP contribution in [0.4, 0.5) is 11.6 Å². The Labute approximate surface area is 217 Å². The smallest absolute Gasteiger partial charge is 0.253 e. The molecule has 4 heterocycles. The van der Waals surface area contributed by atoms with E-state index in [1.807, 2.05) is 65.3 Å². The van der Waals surface area contributed by atoms with Gasteiger partial charge in [-0.3, -0.25) is 14.5 Å². The number of aromatic nitrogens is 5. The lowest BCUT2D eigenvalue weighted by Gasteiger charge is -2.35. The van der Waals surface area contributed by atoms with Crippen molar-refractivity contribution in [1.29, 1.82) is 0 Å². The van der Waals surface area contributed by atoms with Crippen LogP contribution in [0, 0.1) is 0 Å². The molecule has 0 radical (unpaired) electrons. The number of anilines is 2. The molecule has 0 aliphatic carbocycles. The van der Waals surface area contributed by atoms with Crippen LogP contribution < -0.4 is 5.32 Å². The van der Waals surface area contributed by atoms with E-state index in [1.165, 1.54) is 0 Å². The van der Waals surface area contributed by atoms with Crippen LogP contribution in [0.1, 0.15) is 30.1 Å². The van der Waals surface area contributed by atoms with Crippen LogP contribution in [0.25, 0.3) is 22.5 Å². The number of nitrogens with zero attached hydrogens (tertiary/aromatic N) is 7. The number of carbonyl (C=O) groups is 1. The summed E-state index contributed by atoms with van der Waals surface area (Å²) in [5.41, 5.74) is 4.93. The molecule has 9 heteroatoms. The molecular formula is C28H32N8O. The summed E-state index contributed by atoms with van der Waals surface area (Å²) >= 11 is 0. The first-order valence-corrected chi connectivity index (χ1v) is 12.7. The van der Waals surface area contributed by atoms with Gasteiger partial charge in [0.25, 0.3) is 5.91 Å². The Kier molecular flexibility index (Phi) is 7.23. The summed E-state index contributed by atoms with van der Waals surface area (Å²) in [4.78, 5) is 30.6. The van der Waals surface area contributed by atoms with E-state index in [9.17, 15) is 4.79 Å². The first kappa shape index (κ1) is 24.6. The lowest BCUT2D eigenvalue weighted by atomic mass is 10.0. The fourth-order valence-electron chi connectivity index (χ4n) is 4.63. The van der Waals surface area contributed by atoms with Gasteiger partial charge in [-0.15, -0.1) is 0 Å². The molecule has 5 rings (SSSR count). The summed E-state index contributed by atoms with van der Waals surface area (Å²) in [5, 5.41) is 7.99. The second kappa shape index (κ2) is 10.9. The SMILES string of the molecule is CCn1cc(-c2ccnc(Nc3ccc(C(=O)N(C)C4CCN(C)CC4)cc3)n2)c(-c2cccnc2)n1. The maximum absolute atomic E-state index is 13.0. The molecule has 1 fully saturated rings. The number of carbonyl (C=O) groups excluding carboxylic acids is 1. The molecule has 1 aliphatic heterocycles. The van der Waals surface area contributed by atoms with Gasteiger partial charge in [0.1, 0.15) is 5.69 Å². The summed E-state index contributed by atoms with van der Waals surface area (Å²) < 4.78 is 1.89. The van der Waals surface area contributed by atoms with Gasteiger partial charge in [-0.2, -0.15) is 5.10 Å². The van der Waals surface area contributed by atoms with Gasteiger partial charge in [0.15, 0.2) is 0 Å². The van der Waals surface area contributed by atoms with Crippen molar-refractivity contribution in [1.82, 2.24) is 34.5 Å². The molecule has 1 amide bonds. The van der Waals surface area contributed by atoms with Crippen LogP contribution in [0.5, 0.6) is 0 Å². The Balaban J connectivity index is 1.32. The first-order valence-electron chi connectivity index (χ1n) is 12.7. The van der Waals surface area contributed by atoms with Crippen molar-refractivity contribution >= 4 is 17.5 Å². The van der Waals surface area contributed by atoms with Crippen molar-refractivity contribution < 1.29 is 4.79 Å². The van der Waals surface area contributed by atoms with Crippen molar-refractivity contribution in [2.45, 2.75) is 32.4 Å². The molecule has 0 bridgehead atoms. The van der Waals surface area contributed by atoms with Gasteiger partial charge in [-0.1, -0.05) is 0 Å². The molecule has 4 aromatic rings. The molecule has 1 saturated heterocycles. The van der Waals surface area contributed by atoms with Gasteiger partial charge in [-0.05, 0) is 82.4 Å². The molecule has 0 atom stereocenters. The van der Waals surface area contributed by atoms with Crippen LogP contribution in [0.2, 0.25) is 0 Å². The maximum atomic E-state index is 13.0. The van der Waals surface area contributed by atoms with Crippen molar-refractivity contribution in [3.63, 3.8) is 0 Å². The van der Waals surface area contributed by atoms with Gasteiger partial charge >= 0.3 is 0 Å². The molecular weight excluding hydrogens is 464 g/mol. The van der Waals surface area contributed by atoms with Crippen molar-refractivity contribution in [3.05, 3.63) is 72.8 Å². The average molecular weight is 497 g/mol. The van der Waals surface area contributed by atoms with E-state index in [-0.39, 0.29) is 11.9 Å². The highest BCUT2D eigenvalue weighted by molar-refractivity contribution is 5.94. The highest BCUT2D eigenvalue weighted by Crippen LogP contribution is 2.30. The Hall–Kier alpha value is -4.11. The number of amides is 1. The number of pyridine rings is 1. The average Bonchev–Trinajstić information content (AvgIpc) is 3.39. The third-order valence-corrected chi connectivity index (χ3v) is 6.90. The van der Waals surface area contributed by atoms with E-state index in [4.69, 9.17) is 10.1 Å². The summed E-state index contributed by atoms with van der Waals surface area (Å²) in [6.45, 7) is 4.85. The minimum absolute atomic E-state index is 0.0511. The maximum Gasteiger partial charge on any atom is 0.253 e. The summed E-state index contributed by atoms with van der Waals surface area (Å²) in [7, 11) is 4.03. The van der Waals surface area contributed by atoms with E-state index >= 15 is 0 Å². The van der Waals surface area contributed by atoms with Crippen LogP contribution in [-0.2, 0) is 6.54 Å². The van der Waals surface area contributed by atoms with Gasteiger partial charge in [-0.25, -0.2) is 9.97 Å². The molecule has 1 aliphatic rings. The van der Waals surface area contributed by atoms with Crippen LogP contribution in [0.3, 0.4) is 0 Å². The zero-order valence-corrected chi connectivity index (χ0v) is 21.5. The summed E-state index contributed by atoms with van der Waals surface area (Å²) in [6, 6.07) is 13.5. The standard InChI is InChI=1S/C28H32N8O/c1-4-36-19-24(26(33-36)21-6-5-14-29-18-21)25-11-15-30-28(32-25)31-22-9-7-20(8-10-22)27(37)35(3)23-12-16-34(2)17-13-23/h5-11,14-15,18-19,23H,4,12-13,16-17H2,1-3H3,(H,30,31,32). The minimum atomic E-state index is 0.0511. The lowest BCUT2D eigenvalue weighted by Crippen LogP contribution is -2.44. The quantitative estimate of drug-likeness (QED) is 0.407. The highest BCUT2D eigenvalue weighted by Gasteiger charge is 2.24. The molecule has 190 valence electrons. The molecule has 1 N–H and O–H groups in total. The third kappa shape index (κ3) is 5.51. The van der Waals surface area contributed by atoms with Crippen LogP contribution in [-0.4, -0.2) is 73.7 Å². The van der Waals surface area contributed by atoms with Gasteiger partial charge in [0.05, 0.1) is 5.69 Å². The van der Waals surface area contributed by atoms with Gasteiger partial charge in [0.2, 0.25) is 5.95 Å². The molecule has 3 aromatic heterocycles. The second-order valence-corrected chi connectivity index (χ2v) is 9.41. The first-order chi connectivity index (χ1) is 18.0. The number of piperidine rings is 1. The zero-order chi connectivity index (χ0) is 25.8. The Morgan fingerprint density at radius 2 is 1.89 bits per heavy atom. The van der Waals surface area contributed by atoms with Crippen molar-refractivity contribution in [2.24, 2.45) is 0 Å². The molecule has 37 heavy (non-hydrogen) atoms. The lowest BCUT2D eigenvalue weighted by molar-refractivity contribution is 0.0659. The molecule has 9 nitrogen and oxygen atoms in total. The Morgan fingerprint density at radius 1 is 1.11 bits per heavy atom. The number of hydrogen-bond acceptors (Lipinski definition) is 7. The number of rotatable bonds is 7. The van der Waals surface area contributed by atoms with Crippen LogP contribution >= 0.6 is 0 Å². The van der Waals surface area contributed by atoms with E-state index in [0.29, 0.717) is 11.5 Å². The van der Waals surface area contributed by atoms with Gasteiger partial charge < -0.3 is 15.1 Å². The summed E-state index contributed by atoms with van der Waals surface area (Å²) in [6.07, 6.45) is 9.29. The number of nitrogens with one attached hydrogen (secondary N) is 1. The van der Waals surface area contributed by atoms with Crippen LogP contribution in [0.15, 0.2) is 67.3 Å². The number of likely N-dealkylation sites (tertiary alicyclic amines) is 1. The number of aryl methyl sites for hydroxylation is 1. The Bertz CT molecular complexity index is 1340. The number of benzene rings is 1. The van der Waals surface area contributed by atoms with Gasteiger partial charge in [0, 0.05) is 66.8 Å². The number of hydrogen-bond donors (Lipinski definition) is 1. The normalized spacial score (nSPS) is 14.5. The van der Waals surface area contributed by atoms with E-state index < -0.39 is 0 Å². The molecule has 0 saturated carbocycles.